The van der Waals surface area contributed by atoms with Crippen LogP contribution in [0.2, 0.25) is 0 Å². The topological polar surface area (TPSA) is 36.7 Å². The standard InChI is InChI=1S/C15H23N5/c1-12-9-14(20-13(17-12)5-7-16-20)19(4)11-15(2)6-8-18(3)10-15/h5,7,9H,6,8,10-11H2,1-4H3. The average Bonchev–Trinajstić information content (AvgIpc) is 2.94. The van der Waals surface area contributed by atoms with E-state index in [2.05, 4.69) is 47.0 Å². The van der Waals surface area contributed by atoms with Crippen molar-refractivity contribution in [2.24, 2.45) is 5.41 Å². The van der Waals surface area contributed by atoms with Gasteiger partial charge in [0.2, 0.25) is 0 Å². The summed E-state index contributed by atoms with van der Waals surface area (Å²) in [5.74, 6) is 1.12. The van der Waals surface area contributed by atoms with Crippen LogP contribution in [0.1, 0.15) is 19.0 Å². The Morgan fingerprint density at radius 3 is 2.95 bits per heavy atom. The molecule has 0 aliphatic carbocycles. The summed E-state index contributed by atoms with van der Waals surface area (Å²) < 4.78 is 1.93. The molecule has 1 unspecified atom stereocenters. The zero-order valence-corrected chi connectivity index (χ0v) is 12.8. The van der Waals surface area contributed by atoms with Gasteiger partial charge in [0.05, 0.1) is 6.20 Å². The van der Waals surface area contributed by atoms with E-state index in [0.29, 0.717) is 5.41 Å². The molecule has 1 fully saturated rings. The summed E-state index contributed by atoms with van der Waals surface area (Å²) in [6.45, 7) is 7.80. The lowest BCUT2D eigenvalue weighted by atomic mass is 9.89. The molecule has 2 aromatic rings. The van der Waals surface area contributed by atoms with E-state index < -0.39 is 0 Å². The van der Waals surface area contributed by atoms with Crippen molar-refractivity contribution in [2.75, 3.05) is 38.6 Å². The van der Waals surface area contributed by atoms with Crippen LogP contribution in [0.3, 0.4) is 0 Å². The quantitative estimate of drug-likeness (QED) is 0.855. The third kappa shape index (κ3) is 2.38. The van der Waals surface area contributed by atoms with Crippen LogP contribution in [0.15, 0.2) is 18.3 Å². The largest absolute Gasteiger partial charge is 0.359 e. The highest BCUT2D eigenvalue weighted by Crippen LogP contribution is 2.31. The molecule has 3 rings (SSSR count). The molecule has 5 nitrogen and oxygen atoms in total. The molecule has 1 aliphatic rings. The third-order valence-electron chi connectivity index (χ3n) is 4.23. The molecule has 5 heteroatoms. The fraction of sp³-hybridized carbons (Fsp3) is 0.600. The number of hydrogen-bond donors (Lipinski definition) is 0. The Labute approximate surface area is 120 Å². The number of fused-ring (bicyclic) bond motifs is 1. The van der Waals surface area contributed by atoms with Crippen LogP contribution in [0, 0.1) is 12.3 Å². The number of aryl methyl sites for hydroxylation is 1. The molecule has 1 aliphatic heterocycles. The lowest BCUT2D eigenvalue weighted by Gasteiger charge is -2.31. The minimum atomic E-state index is 0.347. The first-order valence-corrected chi connectivity index (χ1v) is 7.18. The molecule has 0 amide bonds. The first kappa shape index (κ1) is 13.4. The molecule has 0 bridgehead atoms. The van der Waals surface area contributed by atoms with Gasteiger partial charge >= 0.3 is 0 Å². The molecule has 0 aromatic carbocycles. The van der Waals surface area contributed by atoms with E-state index >= 15 is 0 Å². The van der Waals surface area contributed by atoms with Crippen LogP contribution in [-0.2, 0) is 0 Å². The fourth-order valence-electron chi connectivity index (χ4n) is 3.34. The van der Waals surface area contributed by atoms with Gasteiger partial charge in [-0.2, -0.15) is 9.61 Å². The first-order valence-electron chi connectivity index (χ1n) is 7.18. The highest BCUT2D eigenvalue weighted by molar-refractivity contribution is 5.50. The molecule has 108 valence electrons. The molecule has 0 N–H and O–H groups in total. The fourth-order valence-corrected chi connectivity index (χ4v) is 3.34. The van der Waals surface area contributed by atoms with Crippen molar-refractivity contribution in [3.8, 4) is 0 Å². The van der Waals surface area contributed by atoms with Crippen molar-refractivity contribution < 1.29 is 0 Å². The van der Waals surface area contributed by atoms with Crippen molar-refractivity contribution in [3.63, 3.8) is 0 Å². The Morgan fingerprint density at radius 1 is 1.45 bits per heavy atom. The number of anilines is 1. The second-order valence-corrected chi connectivity index (χ2v) is 6.51. The van der Waals surface area contributed by atoms with E-state index in [1.165, 1.54) is 13.0 Å². The average molecular weight is 273 g/mol. The molecular formula is C15H23N5. The molecule has 0 saturated carbocycles. The molecule has 0 spiro atoms. The number of nitrogens with zero attached hydrogens (tertiary/aromatic N) is 5. The molecule has 1 atom stereocenters. The van der Waals surface area contributed by atoms with Gasteiger partial charge in [0.25, 0.3) is 0 Å². The van der Waals surface area contributed by atoms with Crippen molar-refractivity contribution in [1.82, 2.24) is 19.5 Å². The zero-order valence-electron chi connectivity index (χ0n) is 12.8. The van der Waals surface area contributed by atoms with Crippen LogP contribution in [0.5, 0.6) is 0 Å². The van der Waals surface area contributed by atoms with Gasteiger partial charge in [0.1, 0.15) is 5.82 Å². The van der Waals surface area contributed by atoms with Crippen molar-refractivity contribution >= 4 is 11.5 Å². The molecule has 2 aromatic heterocycles. The number of likely N-dealkylation sites (tertiary alicyclic amines) is 1. The van der Waals surface area contributed by atoms with E-state index in [-0.39, 0.29) is 0 Å². The summed E-state index contributed by atoms with van der Waals surface area (Å²) in [7, 11) is 4.35. The van der Waals surface area contributed by atoms with Gasteiger partial charge in [-0.15, -0.1) is 0 Å². The lowest BCUT2D eigenvalue weighted by molar-refractivity contribution is 0.314. The second-order valence-electron chi connectivity index (χ2n) is 6.51. The SMILES string of the molecule is Cc1cc(N(C)CC2(C)CCN(C)C2)n2nccc2n1. The summed E-state index contributed by atoms with van der Waals surface area (Å²) >= 11 is 0. The highest BCUT2D eigenvalue weighted by atomic mass is 15.3. The van der Waals surface area contributed by atoms with Gasteiger partial charge in [-0.1, -0.05) is 6.92 Å². The normalized spacial score (nSPS) is 23.6. The summed E-state index contributed by atoms with van der Waals surface area (Å²) in [5, 5.41) is 4.40. The molecular weight excluding hydrogens is 250 g/mol. The summed E-state index contributed by atoms with van der Waals surface area (Å²) in [6, 6.07) is 4.07. The Morgan fingerprint density at radius 2 is 2.25 bits per heavy atom. The monoisotopic (exact) mass is 273 g/mol. The van der Waals surface area contributed by atoms with E-state index in [9.17, 15) is 0 Å². The lowest BCUT2D eigenvalue weighted by Crippen LogP contribution is -2.36. The Bertz CT molecular complexity index is 620. The van der Waals surface area contributed by atoms with Crippen LogP contribution in [-0.4, -0.2) is 53.2 Å². The van der Waals surface area contributed by atoms with E-state index in [1.54, 1.807) is 0 Å². The summed E-state index contributed by atoms with van der Waals surface area (Å²) in [6.07, 6.45) is 3.06. The molecule has 0 radical (unpaired) electrons. The highest BCUT2D eigenvalue weighted by Gasteiger charge is 2.33. The van der Waals surface area contributed by atoms with Gasteiger partial charge < -0.3 is 9.80 Å². The molecule has 3 heterocycles. The number of aromatic nitrogens is 3. The van der Waals surface area contributed by atoms with Gasteiger partial charge in [-0.25, -0.2) is 4.98 Å². The van der Waals surface area contributed by atoms with Gasteiger partial charge in [0.15, 0.2) is 5.65 Å². The van der Waals surface area contributed by atoms with Gasteiger partial charge in [-0.3, -0.25) is 0 Å². The first-order chi connectivity index (χ1) is 9.47. The smallest absolute Gasteiger partial charge is 0.157 e. The summed E-state index contributed by atoms with van der Waals surface area (Å²) in [4.78, 5) is 9.23. The molecule has 1 saturated heterocycles. The maximum absolute atomic E-state index is 4.51. The van der Waals surface area contributed by atoms with Gasteiger partial charge in [-0.05, 0) is 32.4 Å². The maximum atomic E-state index is 4.51. The van der Waals surface area contributed by atoms with Crippen LogP contribution in [0.25, 0.3) is 5.65 Å². The van der Waals surface area contributed by atoms with Crippen LogP contribution in [0.4, 0.5) is 5.82 Å². The van der Waals surface area contributed by atoms with Crippen LogP contribution >= 0.6 is 0 Å². The minimum Gasteiger partial charge on any atom is -0.359 e. The summed E-state index contributed by atoms with van der Waals surface area (Å²) in [5.41, 5.74) is 2.30. The van der Waals surface area contributed by atoms with Gasteiger partial charge in [0, 0.05) is 38.0 Å². The third-order valence-corrected chi connectivity index (χ3v) is 4.23. The van der Waals surface area contributed by atoms with E-state index in [1.807, 2.05) is 23.7 Å². The van der Waals surface area contributed by atoms with E-state index in [4.69, 9.17) is 0 Å². The Kier molecular flexibility index (Phi) is 3.17. The number of rotatable bonds is 3. The predicted molar refractivity (Wildman–Crippen MR) is 81.2 cm³/mol. The minimum absolute atomic E-state index is 0.347. The number of hydrogen-bond acceptors (Lipinski definition) is 4. The zero-order chi connectivity index (χ0) is 14.3. The second kappa shape index (κ2) is 4.74. The van der Waals surface area contributed by atoms with Crippen molar-refractivity contribution in [3.05, 3.63) is 24.0 Å². The maximum Gasteiger partial charge on any atom is 0.157 e. The van der Waals surface area contributed by atoms with E-state index in [0.717, 1.165) is 30.2 Å². The Balaban J connectivity index is 1.89. The van der Waals surface area contributed by atoms with Crippen LogP contribution < -0.4 is 4.90 Å². The van der Waals surface area contributed by atoms with Crippen molar-refractivity contribution in [1.29, 1.82) is 0 Å². The Hall–Kier alpha value is -1.62. The van der Waals surface area contributed by atoms with Crippen molar-refractivity contribution in [2.45, 2.75) is 20.3 Å². The predicted octanol–water partition coefficient (Wildman–Crippen LogP) is 1.82. The molecule has 20 heavy (non-hydrogen) atoms.